The van der Waals surface area contributed by atoms with Gasteiger partial charge in [0.05, 0.1) is 6.61 Å². The van der Waals surface area contributed by atoms with Gasteiger partial charge in [0.15, 0.2) is 0 Å². The molecule has 3 N–H and O–H groups in total. The zero-order valence-electron chi connectivity index (χ0n) is 9.09. The van der Waals surface area contributed by atoms with Crippen molar-refractivity contribution in [3.8, 4) is 0 Å². The molecule has 2 unspecified atom stereocenters. The number of allylic oxidation sites excluding steroid dienone is 1. The molecule has 1 heterocycles. The highest BCUT2D eigenvalue weighted by Crippen LogP contribution is 2.20. The van der Waals surface area contributed by atoms with Crippen molar-refractivity contribution in [2.75, 3.05) is 13.2 Å². The van der Waals surface area contributed by atoms with E-state index in [9.17, 15) is 0 Å². The van der Waals surface area contributed by atoms with Gasteiger partial charge in [-0.15, -0.1) is 6.58 Å². The monoisotopic (exact) mass is 198 g/mol. The van der Waals surface area contributed by atoms with Crippen LogP contribution < -0.4 is 11.3 Å². The van der Waals surface area contributed by atoms with E-state index in [0.717, 1.165) is 32.5 Å². The third kappa shape index (κ3) is 3.78. The minimum Gasteiger partial charge on any atom is -0.381 e. The Bertz CT molecular complexity index is 176. The first-order chi connectivity index (χ1) is 6.74. The van der Waals surface area contributed by atoms with Gasteiger partial charge < -0.3 is 4.74 Å². The summed E-state index contributed by atoms with van der Waals surface area (Å²) in [6, 6.07) is 0.381. The molecule has 1 saturated heterocycles. The van der Waals surface area contributed by atoms with Crippen LogP contribution in [0.3, 0.4) is 0 Å². The highest BCUT2D eigenvalue weighted by molar-refractivity contribution is 4.90. The Morgan fingerprint density at radius 2 is 2.50 bits per heavy atom. The van der Waals surface area contributed by atoms with Gasteiger partial charge in [-0.1, -0.05) is 5.57 Å². The Kier molecular flexibility index (Phi) is 5.15. The lowest BCUT2D eigenvalue weighted by atomic mass is 9.90. The lowest BCUT2D eigenvalue weighted by Crippen LogP contribution is -2.43. The summed E-state index contributed by atoms with van der Waals surface area (Å²) in [5, 5.41) is 0. The summed E-state index contributed by atoms with van der Waals surface area (Å²) in [6.07, 6.45) is 4.51. The number of hydrazine groups is 1. The third-order valence-electron chi connectivity index (χ3n) is 2.86. The van der Waals surface area contributed by atoms with Gasteiger partial charge in [-0.3, -0.25) is 11.3 Å². The minimum absolute atomic E-state index is 0.381. The Hall–Kier alpha value is -0.380. The lowest BCUT2D eigenvalue weighted by Gasteiger charge is -2.29. The van der Waals surface area contributed by atoms with Crippen molar-refractivity contribution in [2.45, 2.75) is 38.6 Å². The van der Waals surface area contributed by atoms with Gasteiger partial charge in [0.25, 0.3) is 0 Å². The quantitative estimate of drug-likeness (QED) is 0.401. The molecular weight excluding hydrogens is 176 g/mol. The molecule has 1 fully saturated rings. The zero-order chi connectivity index (χ0) is 10.4. The van der Waals surface area contributed by atoms with Crippen LogP contribution in [0.2, 0.25) is 0 Å². The van der Waals surface area contributed by atoms with E-state index in [1.807, 2.05) is 0 Å². The smallest absolute Gasteiger partial charge is 0.0509 e. The molecule has 0 aromatic rings. The summed E-state index contributed by atoms with van der Waals surface area (Å²) in [4.78, 5) is 0. The molecule has 0 aromatic heterocycles. The highest BCUT2D eigenvalue weighted by Gasteiger charge is 2.22. The number of ether oxygens (including phenoxy) is 1. The predicted octanol–water partition coefficient (Wildman–Crippen LogP) is 1.60. The van der Waals surface area contributed by atoms with Gasteiger partial charge >= 0.3 is 0 Å². The van der Waals surface area contributed by atoms with E-state index >= 15 is 0 Å². The topological polar surface area (TPSA) is 47.3 Å². The van der Waals surface area contributed by atoms with E-state index in [4.69, 9.17) is 10.6 Å². The number of nitrogens with two attached hydrogens (primary N) is 1. The Morgan fingerprint density at radius 1 is 1.71 bits per heavy atom. The average Bonchev–Trinajstić information content (AvgIpc) is 2.20. The second kappa shape index (κ2) is 6.17. The van der Waals surface area contributed by atoms with Crippen molar-refractivity contribution < 1.29 is 4.74 Å². The Labute approximate surface area is 86.7 Å². The molecule has 1 aliphatic heterocycles. The van der Waals surface area contributed by atoms with Crippen LogP contribution in [0.4, 0.5) is 0 Å². The highest BCUT2D eigenvalue weighted by atomic mass is 16.5. The minimum atomic E-state index is 0.381. The molecule has 0 aromatic carbocycles. The van der Waals surface area contributed by atoms with Gasteiger partial charge in [-0.2, -0.15) is 0 Å². The van der Waals surface area contributed by atoms with Gasteiger partial charge in [-0.05, 0) is 38.5 Å². The van der Waals surface area contributed by atoms with Crippen molar-refractivity contribution in [2.24, 2.45) is 11.8 Å². The van der Waals surface area contributed by atoms with Crippen LogP contribution in [0.25, 0.3) is 0 Å². The van der Waals surface area contributed by atoms with Crippen LogP contribution >= 0.6 is 0 Å². The molecule has 0 spiro atoms. The van der Waals surface area contributed by atoms with E-state index in [1.165, 1.54) is 12.0 Å². The van der Waals surface area contributed by atoms with Gasteiger partial charge in [0, 0.05) is 12.6 Å². The van der Waals surface area contributed by atoms with E-state index in [1.54, 1.807) is 0 Å². The van der Waals surface area contributed by atoms with Crippen LogP contribution in [0.5, 0.6) is 0 Å². The molecule has 3 heteroatoms. The van der Waals surface area contributed by atoms with Crippen molar-refractivity contribution in [3.05, 3.63) is 12.2 Å². The summed E-state index contributed by atoms with van der Waals surface area (Å²) in [5.41, 5.74) is 4.13. The second-order valence-corrected chi connectivity index (χ2v) is 4.25. The van der Waals surface area contributed by atoms with Gasteiger partial charge in [-0.25, -0.2) is 0 Å². The number of rotatable bonds is 5. The van der Waals surface area contributed by atoms with Gasteiger partial charge in [0.1, 0.15) is 0 Å². The van der Waals surface area contributed by atoms with Crippen molar-refractivity contribution in [1.29, 1.82) is 0 Å². The summed E-state index contributed by atoms with van der Waals surface area (Å²) in [7, 11) is 0. The maximum atomic E-state index is 5.55. The first-order valence-corrected chi connectivity index (χ1v) is 5.42. The van der Waals surface area contributed by atoms with Crippen molar-refractivity contribution >= 4 is 0 Å². The van der Waals surface area contributed by atoms with E-state index in [-0.39, 0.29) is 0 Å². The standard InChI is InChI=1S/C11H22N2O/c1-9(2)5-6-11(13-12)10-4-3-7-14-8-10/h10-11,13H,1,3-8,12H2,2H3. The molecule has 1 aliphatic rings. The van der Waals surface area contributed by atoms with Crippen molar-refractivity contribution in [1.82, 2.24) is 5.43 Å². The molecule has 14 heavy (non-hydrogen) atoms. The van der Waals surface area contributed by atoms with Gasteiger partial charge in [0.2, 0.25) is 0 Å². The molecule has 0 bridgehead atoms. The van der Waals surface area contributed by atoms with Crippen LogP contribution in [-0.4, -0.2) is 19.3 Å². The van der Waals surface area contributed by atoms with E-state index in [0.29, 0.717) is 12.0 Å². The number of hydrogen-bond acceptors (Lipinski definition) is 3. The summed E-state index contributed by atoms with van der Waals surface area (Å²) in [5.74, 6) is 6.13. The SMILES string of the molecule is C=C(C)CCC(NN)C1CCCOC1. The normalized spacial score (nSPS) is 24.6. The predicted molar refractivity (Wildman–Crippen MR) is 58.7 cm³/mol. The molecule has 1 rings (SSSR count). The van der Waals surface area contributed by atoms with Crippen LogP contribution in [0.15, 0.2) is 12.2 Å². The molecule has 0 amide bonds. The fourth-order valence-electron chi connectivity index (χ4n) is 1.94. The summed E-state index contributed by atoms with van der Waals surface area (Å²) < 4.78 is 5.45. The first-order valence-electron chi connectivity index (χ1n) is 5.42. The molecule has 0 radical (unpaired) electrons. The van der Waals surface area contributed by atoms with Crippen LogP contribution in [-0.2, 0) is 4.74 Å². The second-order valence-electron chi connectivity index (χ2n) is 4.25. The molecule has 0 saturated carbocycles. The molecule has 3 nitrogen and oxygen atoms in total. The largest absolute Gasteiger partial charge is 0.381 e. The lowest BCUT2D eigenvalue weighted by molar-refractivity contribution is 0.0380. The fraction of sp³-hybridized carbons (Fsp3) is 0.818. The molecular formula is C11H22N2O. The summed E-state index contributed by atoms with van der Waals surface area (Å²) in [6.45, 7) is 7.73. The maximum Gasteiger partial charge on any atom is 0.0509 e. The first kappa shape index (κ1) is 11.7. The number of hydrogen-bond donors (Lipinski definition) is 2. The maximum absolute atomic E-state index is 5.55. The Morgan fingerprint density at radius 3 is 3.00 bits per heavy atom. The third-order valence-corrected chi connectivity index (χ3v) is 2.86. The van der Waals surface area contributed by atoms with E-state index < -0.39 is 0 Å². The fourth-order valence-corrected chi connectivity index (χ4v) is 1.94. The molecule has 0 aliphatic carbocycles. The Balaban J connectivity index is 2.31. The average molecular weight is 198 g/mol. The van der Waals surface area contributed by atoms with Crippen LogP contribution in [0.1, 0.15) is 32.6 Å². The van der Waals surface area contributed by atoms with Crippen LogP contribution in [0, 0.1) is 5.92 Å². The zero-order valence-corrected chi connectivity index (χ0v) is 9.09. The van der Waals surface area contributed by atoms with E-state index in [2.05, 4.69) is 18.9 Å². The molecule has 82 valence electrons. The van der Waals surface area contributed by atoms with Crippen molar-refractivity contribution in [3.63, 3.8) is 0 Å². The molecule has 2 atom stereocenters. The number of nitrogens with one attached hydrogen (secondary N) is 1. The summed E-state index contributed by atoms with van der Waals surface area (Å²) >= 11 is 0.